The van der Waals surface area contributed by atoms with Crippen molar-refractivity contribution < 1.29 is 4.42 Å². The number of nitrogens with one attached hydrogen (secondary N) is 1. The van der Waals surface area contributed by atoms with Crippen molar-refractivity contribution in [2.75, 3.05) is 11.1 Å². The number of pyridine rings is 1. The van der Waals surface area contributed by atoms with Crippen LogP contribution in [0.25, 0.3) is 11.1 Å². The molecule has 5 nitrogen and oxygen atoms in total. The van der Waals surface area contributed by atoms with Crippen molar-refractivity contribution in [3.63, 3.8) is 0 Å². The van der Waals surface area contributed by atoms with Crippen LogP contribution < -0.4 is 11.1 Å². The summed E-state index contributed by atoms with van der Waals surface area (Å²) in [5, 5.41) is 3.21. The fourth-order valence-electron chi connectivity index (χ4n) is 1.91. The first kappa shape index (κ1) is 11.5. The molecule has 0 aliphatic heterocycles. The summed E-state index contributed by atoms with van der Waals surface area (Å²) in [6.07, 6.45) is 3.57. The molecule has 2 aromatic heterocycles. The molecular formula is C14H14N4O. The zero-order valence-corrected chi connectivity index (χ0v) is 10.5. The Kier molecular flexibility index (Phi) is 2.79. The van der Waals surface area contributed by atoms with Gasteiger partial charge in [-0.3, -0.25) is 4.98 Å². The van der Waals surface area contributed by atoms with E-state index >= 15 is 0 Å². The van der Waals surface area contributed by atoms with Gasteiger partial charge < -0.3 is 15.5 Å². The van der Waals surface area contributed by atoms with E-state index < -0.39 is 0 Å². The van der Waals surface area contributed by atoms with E-state index in [-0.39, 0.29) is 6.04 Å². The van der Waals surface area contributed by atoms with Gasteiger partial charge in [-0.15, -0.1) is 0 Å². The van der Waals surface area contributed by atoms with Crippen LogP contribution in [0.1, 0.15) is 18.5 Å². The lowest BCUT2D eigenvalue weighted by Crippen LogP contribution is -2.06. The third kappa shape index (κ3) is 2.35. The summed E-state index contributed by atoms with van der Waals surface area (Å²) >= 11 is 0. The molecule has 0 saturated heterocycles. The fraction of sp³-hybridized carbons (Fsp3) is 0.143. The number of hydrogen-bond donors (Lipinski definition) is 2. The molecule has 3 aromatic rings. The number of hydrogen-bond acceptors (Lipinski definition) is 5. The highest BCUT2D eigenvalue weighted by Gasteiger charge is 2.10. The molecule has 0 radical (unpaired) electrons. The van der Waals surface area contributed by atoms with Crippen LogP contribution in [0.4, 0.5) is 11.7 Å². The van der Waals surface area contributed by atoms with Gasteiger partial charge in [-0.05, 0) is 36.8 Å². The molecule has 0 bridgehead atoms. The number of nitrogens with zero attached hydrogens (tertiary/aromatic N) is 2. The van der Waals surface area contributed by atoms with Crippen molar-refractivity contribution >= 4 is 22.8 Å². The van der Waals surface area contributed by atoms with Crippen molar-refractivity contribution in [1.29, 1.82) is 0 Å². The fourth-order valence-corrected chi connectivity index (χ4v) is 1.91. The predicted molar refractivity (Wildman–Crippen MR) is 74.7 cm³/mol. The zero-order chi connectivity index (χ0) is 13.2. The molecule has 96 valence electrons. The second kappa shape index (κ2) is 4.61. The summed E-state index contributed by atoms with van der Waals surface area (Å²) in [6.45, 7) is 2.03. The largest absolute Gasteiger partial charge is 0.424 e. The first-order valence-electron chi connectivity index (χ1n) is 6.05. The van der Waals surface area contributed by atoms with E-state index in [2.05, 4.69) is 15.3 Å². The molecule has 0 fully saturated rings. The van der Waals surface area contributed by atoms with E-state index in [4.69, 9.17) is 10.2 Å². The minimum atomic E-state index is 0.0686. The molecule has 3 rings (SSSR count). The molecule has 1 atom stereocenters. The maximum absolute atomic E-state index is 5.72. The molecule has 0 spiro atoms. The number of oxazole rings is 1. The number of nitrogen functional groups attached to an aromatic ring is 1. The van der Waals surface area contributed by atoms with Crippen molar-refractivity contribution in [3.8, 4) is 0 Å². The molecule has 19 heavy (non-hydrogen) atoms. The highest BCUT2D eigenvalue weighted by atomic mass is 16.4. The van der Waals surface area contributed by atoms with E-state index in [1.807, 2.05) is 31.3 Å². The number of fused-ring (bicyclic) bond motifs is 1. The van der Waals surface area contributed by atoms with Gasteiger partial charge in [0.25, 0.3) is 6.01 Å². The minimum absolute atomic E-state index is 0.0686. The molecule has 0 aliphatic carbocycles. The molecule has 1 unspecified atom stereocenters. The van der Waals surface area contributed by atoms with Gasteiger partial charge in [-0.1, -0.05) is 6.07 Å². The number of anilines is 2. The van der Waals surface area contributed by atoms with E-state index in [0.717, 1.165) is 16.7 Å². The van der Waals surface area contributed by atoms with Gasteiger partial charge in [0.05, 0.1) is 6.04 Å². The third-order valence-electron chi connectivity index (χ3n) is 2.94. The van der Waals surface area contributed by atoms with E-state index in [1.165, 1.54) is 0 Å². The molecule has 3 N–H and O–H groups in total. The third-order valence-corrected chi connectivity index (χ3v) is 2.94. The Morgan fingerprint density at radius 1 is 1.32 bits per heavy atom. The standard InChI is InChI=1S/C14H14N4O/c1-9(10-3-2-6-16-8-10)17-14-18-12-7-11(15)4-5-13(12)19-14/h2-9H,15H2,1H3,(H,17,18). The van der Waals surface area contributed by atoms with Crippen molar-refractivity contribution in [1.82, 2.24) is 9.97 Å². The monoisotopic (exact) mass is 254 g/mol. The maximum Gasteiger partial charge on any atom is 0.296 e. The summed E-state index contributed by atoms with van der Waals surface area (Å²) in [4.78, 5) is 8.46. The summed E-state index contributed by atoms with van der Waals surface area (Å²) in [6, 6.07) is 9.86. The number of aromatic nitrogens is 2. The lowest BCUT2D eigenvalue weighted by Gasteiger charge is -2.11. The van der Waals surface area contributed by atoms with E-state index in [1.54, 1.807) is 18.3 Å². The Bertz CT molecular complexity index is 693. The highest BCUT2D eigenvalue weighted by Crippen LogP contribution is 2.24. The average Bonchev–Trinajstić information content (AvgIpc) is 2.81. The quantitative estimate of drug-likeness (QED) is 0.702. The Hall–Kier alpha value is -2.56. The van der Waals surface area contributed by atoms with Crippen LogP contribution in [-0.4, -0.2) is 9.97 Å². The van der Waals surface area contributed by atoms with E-state index in [9.17, 15) is 0 Å². The van der Waals surface area contributed by atoms with Gasteiger partial charge in [-0.25, -0.2) is 0 Å². The summed E-state index contributed by atoms with van der Waals surface area (Å²) in [5.74, 6) is 0. The second-order valence-corrected chi connectivity index (χ2v) is 4.40. The van der Waals surface area contributed by atoms with Crippen LogP contribution in [-0.2, 0) is 0 Å². The minimum Gasteiger partial charge on any atom is -0.424 e. The zero-order valence-electron chi connectivity index (χ0n) is 10.5. The molecule has 0 aliphatic rings. The van der Waals surface area contributed by atoms with Crippen LogP contribution in [0.15, 0.2) is 47.1 Å². The van der Waals surface area contributed by atoms with Gasteiger partial charge >= 0.3 is 0 Å². The van der Waals surface area contributed by atoms with Gasteiger partial charge in [0.15, 0.2) is 5.58 Å². The van der Waals surface area contributed by atoms with Gasteiger partial charge in [-0.2, -0.15) is 4.98 Å². The van der Waals surface area contributed by atoms with Crippen LogP contribution in [0.2, 0.25) is 0 Å². The number of nitrogens with two attached hydrogens (primary N) is 1. The lowest BCUT2D eigenvalue weighted by atomic mass is 10.1. The Labute approximate surface area is 110 Å². The van der Waals surface area contributed by atoms with Crippen LogP contribution in [0.5, 0.6) is 0 Å². The predicted octanol–water partition coefficient (Wildman–Crippen LogP) is 2.98. The molecule has 0 amide bonds. The van der Waals surface area contributed by atoms with Crippen molar-refractivity contribution in [2.24, 2.45) is 0 Å². The topological polar surface area (TPSA) is 77.0 Å². The summed E-state index contributed by atoms with van der Waals surface area (Å²) in [5.41, 5.74) is 8.93. The Morgan fingerprint density at radius 3 is 3.00 bits per heavy atom. The first-order chi connectivity index (χ1) is 9.22. The van der Waals surface area contributed by atoms with Gasteiger partial charge in [0, 0.05) is 18.1 Å². The smallest absolute Gasteiger partial charge is 0.296 e. The van der Waals surface area contributed by atoms with E-state index in [0.29, 0.717) is 11.7 Å². The molecular weight excluding hydrogens is 240 g/mol. The molecule has 5 heteroatoms. The van der Waals surface area contributed by atoms with Gasteiger partial charge in [0.2, 0.25) is 0 Å². The maximum atomic E-state index is 5.72. The summed E-state index contributed by atoms with van der Waals surface area (Å²) < 4.78 is 5.62. The van der Waals surface area contributed by atoms with Crippen LogP contribution in [0.3, 0.4) is 0 Å². The Balaban J connectivity index is 1.85. The normalized spacial score (nSPS) is 12.5. The Morgan fingerprint density at radius 2 is 2.21 bits per heavy atom. The number of rotatable bonds is 3. The lowest BCUT2D eigenvalue weighted by molar-refractivity contribution is 0.604. The number of benzene rings is 1. The van der Waals surface area contributed by atoms with Gasteiger partial charge in [0.1, 0.15) is 5.52 Å². The van der Waals surface area contributed by atoms with Crippen LogP contribution in [0, 0.1) is 0 Å². The SMILES string of the molecule is CC(Nc1nc2cc(N)ccc2o1)c1cccnc1. The molecule has 1 aromatic carbocycles. The molecule has 2 heterocycles. The van der Waals surface area contributed by atoms with Crippen molar-refractivity contribution in [2.45, 2.75) is 13.0 Å². The second-order valence-electron chi connectivity index (χ2n) is 4.40. The first-order valence-corrected chi connectivity index (χ1v) is 6.05. The average molecular weight is 254 g/mol. The van der Waals surface area contributed by atoms with Crippen LogP contribution >= 0.6 is 0 Å². The van der Waals surface area contributed by atoms with Crippen molar-refractivity contribution in [3.05, 3.63) is 48.3 Å². The molecule has 0 saturated carbocycles. The highest BCUT2D eigenvalue weighted by molar-refractivity contribution is 5.78. The summed E-state index contributed by atoms with van der Waals surface area (Å²) in [7, 11) is 0.